The number of nitro benzene ring substituents is 1. The monoisotopic (exact) mass is 274 g/mol. The van der Waals surface area contributed by atoms with Gasteiger partial charge in [-0.25, -0.2) is 8.42 Å². The smallest absolute Gasteiger partial charge is 0.271 e. The molecule has 0 heterocycles. The van der Waals surface area contributed by atoms with Crippen molar-refractivity contribution in [1.29, 1.82) is 0 Å². The Balaban J connectivity index is 3.14. The van der Waals surface area contributed by atoms with Crippen LogP contribution in [0.5, 0.6) is 0 Å². The quantitative estimate of drug-likeness (QED) is 0.451. The number of hydrogen-bond donors (Lipinski definition) is 2. The van der Waals surface area contributed by atoms with Crippen LogP contribution in [-0.2, 0) is 9.84 Å². The summed E-state index contributed by atoms with van der Waals surface area (Å²) < 4.78 is 23.0. The predicted octanol–water partition coefficient (Wildman–Crippen LogP) is 0.793. The maximum Gasteiger partial charge on any atom is 0.271 e. The molecule has 0 amide bonds. The maximum atomic E-state index is 11.5. The average molecular weight is 274 g/mol. The SMILES string of the molecule is CS(=O)(=O)c1ccc([N+](=O)[O-])cc1NCCCO. The number of rotatable bonds is 6. The lowest BCUT2D eigenvalue weighted by molar-refractivity contribution is -0.384. The minimum atomic E-state index is -3.46. The molecule has 1 aromatic carbocycles. The minimum absolute atomic E-state index is 0.00559. The fourth-order valence-electron chi connectivity index (χ4n) is 1.40. The fourth-order valence-corrected chi connectivity index (χ4v) is 2.24. The first-order chi connectivity index (χ1) is 8.36. The van der Waals surface area contributed by atoms with Gasteiger partial charge in [-0.05, 0) is 12.5 Å². The Bertz CT molecular complexity index is 541. The highest BCUT2D eigenvalue weighted by atomic mass is 32.2. The van der Waals surface area contributed by atoms with Gasteiger partial charge in [0.15, 0.2) is 9.84 Å². The zero-order chi connectivity index (χ0) is 13.8. The number of anilines is 1. The summed E-state index contributed by atoms with van der Waals surface area (Å²) in [5.74, 6) is 0. The van der Waals surface area contributed by atoms with Gasteiger partial charge < -0.3 is 10.4 Å². The van der Waals surface area contributed by atoms with Crippen LogP contribution >= 0.6 is 0 Å². The van der Waals surface area contributed by atoms with E-state index in [4.69, 9.17) is 5.11 Å². The van der Waals surface area contributed by atoms with Crippen LogP contribution in [0.4, 0.5) is 11.4 Å². The van der Waals surface area contributed by atoms with Crippen molar-refractivity contribution in [2.45, 2.75) is 11.3 Å². The lowest BCUT2D eigenvalue weighted by Gasteiger charge is -2.10. The van der Waals surface area contributed by atoms with Crippen LogP contribution in [0.25, 0.3) is 0 Å². The Morgan fingerprint density at radius 2 is 2.11 bits per heavy atom. The lowest BCUT2D eigenvalue weighted by atomic mass is 10.2. The number of aliphatic hydroxyl groups is 1. The van der Waals surface area contributed by atoms with Crippen molar-refractivity contribution >= 4 is 21.2 Å². The molecular weight excluding hydrogens is 260 g/mol. The molecule has 0 atom stereocenters. The topological polar surface area (TPSA) is 110 Å². The Hall–Kier alpha value is -1.67. The van der Waals surface area contributed by atoms with E-state index in [1.165, 1.54) is 12.1 Å². The summed E-state index contributed by atoms with van der Waals surface area (Å²) in [5, 5.41) is 22.1. The van der Waals surface area contributed by atoms with Crippen molar-refractivity contribution < 1.29 is 18.4 Å². The molecule has 2 N–H and O–H groups in total. The molecule has 0 aliphatic heterocycles. The highest BCUT2D eigenvalue weighted by Gasteiger charge is 2.17. The number of nitrogens with one attached hydrogen (secondary N) is 1. The molecule has 0 aliphatic carbocycles. The Morgan fingerprint density at radius 3 is 2.61 bits per heavy atom. The van der Waals surface area contributed by atoms with Gasteiger partial charge in [0.1, 0.15) is 0 Å². The Morgan fingerprint density at radius 1 is 1.44 bits per heavy atom. The van der Waals surface area contributed by atoms with Crippen molar-refractivity contribution in [1.82, 2.24) is 0 Å². The first kappa shape index (κ1) is 14.4. The second-order valence-electron chi connectivity index (χ2n) is 3.71. The van der Waals surface area contributed by atoms with Crippen molar-refractivity contribution in [3.05, 3.63) is 28.3 Å². The summed E-state index contributed by atoms with van der Waals surface area (Å²) >= 11 is 0. The molecule has 1 aromatic rings. The van der Waals surface area contributed by atoms with Gasteiger partial charge in [-0.15, -0.1) is 0 Å². The number of sulfone groups is 1. The Kier molecular flexibility index (Phi) is 4.62. The predicted molar refractivity (Wildman–Crippen MR) is 66.4 cm³/mol. The molecule has 18 heavy (non-hydrogen) atoms. The molecule has 0 bridgehead atoms. The van der Waals surface area contributed by atoms with E-state index >= 15 is 0 Å². The zero-order valence-corrected chi connectivity index (χ0v) is 10.6. The number of aliphatic hydroxyl groups excluding tert-OH is 1. The standard InChI is InChI=1S/C10H14N2O5S/c1-18(16,17)10-4-3-8(12(14)15)7-9(10)11-5-2-6-13/h3-4,7,11,13H,2,5-6H2,1H3. The van der Waals surface area contributed by atoms with Crippen molar-refractivity contribution in [3.8, 4) is 0 Å². The summed E-state index contributed by atoms with van der Waals surface area (Å²) in [6.07, 6.45) is 1.46. The average Bonchev–Trinajstić information content (AvgIpc) is 2.27. The maximum absolute atomic E-state index is 11.5. The summed E-state index contributed by atoms with van der Waals surface area (Å²) in [5.41, 5.74) is -0.00551. The first-order valence-corrected chi connectivity index (χ1v) is 7.08. The summed E-state index contributed by atoms with van der Waals surface area (Å²) in [6, 6.07) is 3.52. The molecule has 0 aliphatic rings. The normalized spacial score (nSPS) is 11.2. The molecule has 7 nitrogen and oxygen atoms in total. The van der Waals surface area contributed by atoms with E-state index in [0.29, 0.717) is 13.0 Å². The molecule has 0 unspecified atom stereocenters. The van der Waals surface area contributed by atoms with E-state index in [-0.39, 0.29) is 22.9 Å². The summed E-state index contributed by atoms with van der Waals surface area (Å²) in [6.45, 7) is 0.288. The van der Waals surface area contributed by atoms with Gasteiger partial charge in [0.2, 0.25) is 0 Å². The van der Waals surface area contributed by atoms with Gasteiger partial charge in [0, 0.05) is 31.5 Å². The third-order valence-corrected chi connectivity index (χ3v) is 3.38. The number of hydrogen-bond acceptors (Lipinski definition) is 6. The van der Waals surface area contributed by atoms with Gasteiger partial charge in [0.05, 0.1) is 15.5 Å². The molecule has 100 valence electrons. The molecule has 1 rings (SSSR count). The molecule has 8 heteroatoms. The van der Waals surface area contributed by atoms with Gasteiger partial charge in [-0.1, -0.05) is 0 Å². The largest absolute Gasteiger partial charge is 0.396 e. The molecule has 0 spiro atoms. The van der Waals surface area contributed by atoms with E-state index in [0.717, 1.165) is 12.3 Å². The highest BCUT2D eigenvalue weighted by molar-refractivity contribution is 7.90. The van der Waals surface area contributed by atoms with Crippen molar-refractivity contribution in [2.75, 3.05) is 24.7 Å². The fraction of sp³-hybridized carbons (Fsp3) is 0.400. The van der Waals surface area contributed by atoms with Crippen LogP contribution in [-0.4, -0.2) is 37.9 Å². The summed E-state index contributed by atoms with van der Waals surface area (Å²) in [7, 11) is -3.46. The van der Waals surface area contributed by atoms with Crippen LogP contribution in [0, 0.1) is 10.1 Å². The lowest BCUT2D eigenvalue weighted by Crippen LogP contribution is -2.09. The third-order valence-electron chi connectivity index (χ3n) is 2.22. The second kappa shape index (κ2) is 5.78. The van der Waals surface area contributed by atoms with Crippen LogP contribution in [0.3, 0.4) is 0 Å². The van der Waals surface area contributed by atoms with Gasteiger partial charge in [-0.2, -0.15) is 0 Å². The Labute approximate surface area is 105 Å². The summed E-state index contributed by atoms with van der Waals surface area (Å²) in [4.78, 5) is 10.0. The van der Waals surface area contributed by atoms with E-state index in [1.54, 1.807) is 0 Å². The zero-order valence-electron chi connectivity index (χ0n) is 9.79. The number of benzene rings is 1. The molecule has 0 fully saturated rings. The van der Waals surface area contributed by atoms with Crippen LogP contribution in [0.1, 0.15) is 6.42 Å². The number of nitro groups is 1. The van der Waals surface area contributed by atoms with Gasteiger partial charge >= 0.3 is 0 Å². The second-order valence-corrected chi connectivity index (χ2v) is 5.70. The van der Waals surface area contributed by atoms with Crippen LogP contribution in [0.15, 0.2) is 23.1 Å². The third kappa shape index (κ3) is 3.67. The van der Waals surface area contributed by atoms with Crippen molar-refractivity contribution in [2.24, 2.45) is 0 Å². The molecule has 0 saturated heterocycles. The van der Waals surface area contributed by atoms with Crippen LogP contribution in [0.2, 0.25) is 0 Å². The number of nitrogens with zero attached hydrogens (tertiary/aromatic N) is 1. The molecular formula is C10H14N2O5S. The van der Waals surface area contributed by atoms with E-state index < -0.39 is 14.8 Å². The molecule has 0 aromatic heterocycles. The van der Waals surface area contributed by atoms with Crippen molar-refractivity contribution in [3.63, 3.8) is 0 Å². The number of non-ortho nitro benzene ring substituents is 1. The van der Waals surface area contributed by atoms with Crippen LogP contribution < -0.4 is 5.32 Å². The molecule has 0 saturated carbocycles. The van der Waals surface area contributed by atoms with E-state index in [9.17, 15) is 18.5 Å². The van der Waals surface area contributed by atoms with Gasteiger partial charge in [0.25, 0.3) is 5.69 Å². The first-order valence-electron chi connectivity index (χ1n) is 5.19. The van der Waals surface area contributed by atoms with E-state index in [1.807, 2.05) is 0 Å². The highest BCUT2D eigenvalue weighted by Crippen LogP contribution is 2.26. The molecule has 0 radical (unpaired) electrons. The van der Waals surface area contributed by atoms with E-state index in [2.05, 4.69) is 5.32 Å². The van der Waals surface area contributed by atoms with Gasteiger partial charge in [-0.3, -0.25) is 10.1 Å². The minimum Gasteiger partial charge on any atom is -0.396 e.